The molecule has 0 radical (unpaired) electrons. The first-order chi connectivity index (χ1) is 9.88. The molecule has 118 valence electrons. The van der Waals surface area contributed by atoms with Crippen LogP contribution in [0.2, 0.25) is 0 Å². The molecular formula is C14H26O6. The predicted molar refractivity (Wildman–Crippen MR) is 72.2 cm³/mol. The molecule has 6 nitrogen and oxygen atoms in total. The molecule has 20 heavy (non-hydrogen) atoms. The summed E-state index contributed by atoms with van der Waals surface area (Å²) in [4.78, 5) is 12.1. The van der Waals surface area contributed by atoms with Gasteiger partial charge in [-0.15, -0.1) is 0 Å². The lowest BCUT2D eigenvalue weighted by Gasteiger charge is -2.42. The lowest BCUT2D eigenvalue weighted by atomic mass is 9.86. The molecule has 1 saturated heterocycles. The summed E-state index contributed by atoms with van der Waals surface area (Å²) in [6, 6.07) is 0. The van der Waals surface area contributed by atoms with Gasteiger partial charge in [-0.25, -0.2) is 0 Å². The van der Waals surface area contributed by atoms with E-state index in [2.05, 4.69) is 0 Å². The van der Waals surface area contributed by atoms with Crippen LogP contribution in [0.25, 0.3) is 0 Å². The number of ketones is 1. The zero-order chi connectivity index (χ0) is 16.0. The number of aliphatic hydroxyl groups is 2. The largest absolute Gasteiger partial charge is 0.389 e. The van der Waals surface area contributed by atoms with E-state index in [0.29, 0.717) is 19.6 Å². The van der Waals surface area contributed by atoms with E-state index in [1.54, 1.807) is 13.8 Å². The van der Waals surface area contributed by atoms with Gasteiger partial charge in [-0.2, -0.15) is 0 Å². The summed E-state index contributed by atoms with van der Waals surface area (Å²) in [6.45, 7) is 6.20. The number of Topliss-reactive ketones (excluding diaryl/α,β-unsaturated/α-hetero) is 1. The minimum Gasteiger partial charge on any atom is -0.389 e. The molecule has 0 saturated carbocycles. The molecule has 0 spiro atoms. The van der Waals surface area contributed by atoms with Crippen LogP contribution in [0.1, 0.15) is 35.0 Å². The normalized spacial score (nSPS) is 38.5. The van der Waals surface area contributed by atoms with Gasteiger partial charge in [0.1, 0.15) is 18.0 Å². The van der Waals surface area contributed by atoms with Crippen LogP contribution in [-0.4, -0.2) is 60.4 Å². The summed E-state index contributed by atoms with van der Waals surface area (Å²) in [5.74, 6) is -1.74. The summed E-state index contributed by atoms with van der Waals surface area (Å²) < 4.78 is 23.8. The van der Waals surface area contributed by atoms with Gasteiger partial charge in [0.2, 0.25) is 0 Å². The highest BCUT2D eigenvalue weighted by atomic mass is 16.6. The minimum atomic E-state index is -2.47. The van der Waals surface area contributed by atoms with Crippen LogP contribution in [0.15, 0.2) is 0 Å². The zero-order valence-electron chi connectivity index (χ0n) is 13.4. The molecule has 1 fully saturated rings. The Morgan fingerprint density at radius 2 is 2.00 bits per heavy atom. The maximum absolute atomic E-state index is 12.1. The molecular weight excluding hydrogens is 264 g/mol. The molecule has 0 aliphatic carbocycles. The number of ether oxygens (including phenoxy) is 3. The number of carbonyl (C=O) groups excluding carboxylic acids is 1. The predicted octanol–water partition coefficient (Wildman–Crippen LogP) is 0.491. The van der Waals surface area contributed by atoms with Gasteiger partial charge in [0.25, 0.3) is 0 Å². The van der Waals surface area contributed by atoms with Crippen LogP contribution in [0.4, 0.5) is 0 Å². The summed E-state index contributed by atoms with van der Waals surface area (Å²) in [6.07, 6.45) is -4.64. The quantitative estimate of drug-likeness (QED) is 0.677. The average molecular weight is 291 g/mol. The lowest BCUT2D eigenvalue weighted by Crippen LogP contribution is -2.59. The number of carbonyl (C=O) groups is 1. The van der Waals surface area contributed by atoms with E-state index < -0.39 is 36.3 Å². The fourth-order valence-corrected chi connectivity index (χ4v) is 2.34. The molecule has 1 aliphatic rings. The van der Waals surface area contributed by atoms with Crippen LogP contribution in [0.3, 0.4) is 0 Å². The van der Waals surface area contributed by atoms with Crippen molar-refractivity contribution < 1.29 is 30.6 Å². The smallest absolute Gasteiger partial charge is 0.167 e. The summed E-state index contributed by atoms with van der Waals surface area (Å²) in [7, 11) is 0. The molecule has 0 bridgehead atoms. The Hall–Kier alpha value is -0.530. The van der Waals surface area contributed by atoms with Gasteiger partial charge >= 0.3 is 0 Å². The van der Waals surface area contributed by atoms with Crippen LogP contribution >= 0.6 is 0 Å². The van der Waals surface area contributed by atoms with Gasteiger partial charge < -0.3 is 24.4 Å². The maximum atomic E-state index is 12.1. The Morgan fingerprint density at radius 1 is 1.30 bits per heavy atom. The molecule has 2 N–H and O–H groups in total. The molecule has 1 unspecified atom stereocenters. The first-order valence-corrected chi connectivity index (χ1v) is 7.19. The van der Waals surface area contributed by atoms with Crippen molar-refractivity contribution in [3.8, 4) is 0 Å². The SMILES string of the molecule is [2H]C1(O)O[C@H](COCC)[C@@H](OCC)[C@H](O)[C@H]1C(=O)CCC. The van der Waals surface area contributed by atoms with Crippen molar-refractivity contribution in [1.82, 2.24) is 0 Å². The molecule has 0 aromatic carbocycles. The van der Waals surface area contributed by atoms with Crippen molar-refractivity contribution in [1.29, 1.82) is 0 Å². The van der Waals surface area contributed by atoms with Gasteiger partial charge in [0, 0.05) is 19.6 Å². The van der Waals surface area contributed by atoms with E-state index in [4.69, 9.17) is 15.6 Å². The standard InChI is InChI=1S/C14H26O6/c1-4-7-9(15)11-12(16)13(19-6-3)10(8-18-5-2)20-14(11)17/h10-14,16-17H,4-8H2,1-3H3/t10-,11-,12-,13-,14?/m1/s1/i14D. The third kappa shape index (κ3) is 4.23. The van der Waals surface area contributed by atoms with Crippen molar-refractivity contribution in [2.75, 3.05) is 19.8 Å². The summed E-state index contributed by atoms with van der Waals surface area (Å²) in [5.41, 5.74) is 0. The second-order valence-electron chi connectivity index (χ2n) is 4.76. The fraction of sp³-hybridized carbons (Fsp3) is 0.929. The van der Waals surface area contributed by atoms with Gasteiger partial charge in [-0.05, 0) is 20.3 Å². The first kappa shape index (κ1) is 15.9. The third-order valence-electron chi connectivity index (χ3n) is 3.27. The molecule has 1 heterocycles. The van der Waals surface area contributed by atoms with E-state index in [1.807, 2.05) is 6.92 Å². The molecule has 6 heteroatoms. The fourth-order valence-electron chi connectivity index (χ4n) is 2.34. The van der Waals surface area contributed by atoms with Gasteiger partial charge in [0.15, 0.2) is 6.27 Å². The molecule has 1 aliphatic heterocycles. The Kier molecular flexibility index (Phi) is 6.89. The molecule has 1 rings (SSSR count). The van der Waals surface area contributed by atoms with Crippen LogP contribution in [0, 0.1) is 5.92 Å². The van der Waals surface area contributed by atoms with E-state index in [-0.39, 0.29) is 13.0 Å². The van der Waals surface area contributed by atoms with Crippen molar-refractivity contribution >= 4 is 5.78 Å². The van der Waals surface area contributed by atoms with Gasteiger partial charge in [-0.3, -0.25) is 4.79 Å². The van der Waals surface area contributed by atoms with Crippen molar-refractivity contribution in [2.45, 2.75) is 58.2 Å². The summed E-state index contributed by atoms with van der Waals surface area (Å²) in [5, 5.41) is 20.5. The Labute approximate surface area is 121 Å². The monoisotopic (exact) mass is 291 g/mol. The number of aliphatic hydroxyl groups excluding tert-OH is 1. The van der Waals surface area contributed by atoms with Crippen molar-refractivity contribution in [3.63, 3.8) is 0 Å². The first-order valence-electron chi connectivity index (χ1n) is 7.69. The van der Waals surface area contributed by atoms with Crippen LogP contribution < -0.4 is 0 Å². The van der Waals surface area contributed by atoms with E-state index in [9.17, 15) is 15.0 Å². The van der Waals surface area contributed by atoms with Crippen LogP contribution in [0.5, 0.6) is 0 Å². The molecule has 0 aromatic rings. The second kappa shape index (κ2) is 8.69. The van der Waals surface area contributed by atoms with Crippen molar-refractivity contribution in [2.24, 2.45) is 5.92 Å². The molecule has 0 aromatic heterocycles. The molecule has 5 atom stereocenters. The number of hydrogen-bond donors (Lipinski definition) is 2. The maximum Gasteiger partial charge on any atom is 0.167 e. The minimum absolute atomic E-state index is 0.0775. The zero-order valence-corrected chi connectivity index (χ0v) is 12.4. The van der Waals surface area contributed by atoms with Crippen molar-refractivity contribution in [3.05, 3.63) is 0 Å². The highest BCUT2D eigenvalue weighted by molar-refractivity contribution is 5.82. The Bertz CT molecular complexity index is 335. The Balaban J connectivity index is 2.95. The summed E-state index contributed by atoms with van der Waals surface area (Å²) >= 11 is 0. The highest BCUT2D eigenvalue weighted by Gasteiger charge is 2.47. The number of rotatable bonds is 8. The molecule has 0 amide bonds. The van der Waals surface area contributed by atoms with Crippen LogP contribution in [-0.2, 0) is 19.0 Å². The van der Waals surface area contributed by atoms with Gasteiger partial charge in [-0.1, -0.05) is 6.92 Å². The third-order valence-corrected chi connectivity index (χ3v) is 3.27. The average Bonchev–Trinajstić information content (AvgIpc) is 2.39. The van der Waals surface area contributed by atoms with E-state index in [0.717, 1.165) is 0 Å². The Morgan fingerprint density at radius 3 is 2.55 bits per heavy atom. The lowest BCUT2D eigenvalue weighted by molar-refractivity contribution is -0.274. The van der Waals surface area contributed by atoms with Gasteiger partial charge in [0.05, 0.1) is 20.0 Å². The number of hydrogen-bond acceptors (Lipinski definition) is 6. The highest BCUT2D eigenvalue weighted by Crippen LogP contribution is 2.29. The topological polar surface area (TPSA) is 85.2 Å². The van der Waals surface area contributed by atoms with E-state index in [1.165, 1.54) is 0 Å². The second-order valence-corrected chi connectivity index (χ2v) is 4.76. The van der Waals surface area contributed by atoms with E-state index >= 15 is 0 Å².